The van der Waals surface area contributed by atoms with Gasteiger partial charge in [0, 0.05) is 12.2 Å². The van der Waals surface area contributed by atoms with Crippen LogP contribution in [-0.4, -0.2) is 45.4 Å². The van der Waals surface area contributed by atoms with Gasteiger partial charge in [-0.15, -0.1) is 0 Å². The lowest BCUT2D eigenvalue weighted by Gasteiger charge is -2.29. The first-order valence-corrected chi connectivity index (χ1v) is 9.68. The third kappa shape index (κ3) is 3.96. The Morgan fingerprint density at radius 3 is 2.83 bits per heavy atom. The van der Waals surface area contributed by atoms with E-state index in [-0.39, 0.29) is 23.1 Å². The molecule has 0 unspecified atom stereocenters. The molecule has 0 N–H and O–H groups in total. The van der Waals surface area contributed by atoms with Crippen molar-refractivity contribution in [3.05, 3.63) is 46.5 Å². The lowest BCUT2D eigenvalue weighted by molar-refractivity contribution is -0.121. The lowest BCUT2D eigenvalue weighted by atomic mass is 10.0. The summed E-state index contributed by atoms with van der Waals surface area (Å²) in [6.07, 6.45) is 1.70. The van der Waals surface area contributed by atoms with Crippen molar-refractivity contribution in [1.82, 2.24) is 0 Å². The van der Waals surface area contributed by atoms with Crippen molar-refractivity contribution >= 4 is 29.2 Å². The van der Waals surface area contributed by atoms with Crippen LogP contribution in [-0.2, 0) is 16.0 Å². The number of methoxy groups -OCH3 is 1. The molecule has 0 aromatic heterocycles. The molecule has 0 fully saturated rings. The van der Waals surface area contributed by atoms with Crippen LogP contribution in [0.25, 0.3) is 0 Å². The van der Waals surface area contributed by atoms with Gasteiger partial charge in [-0.2, -0.15) is 0 Å². The molecule has 8 heteroatoms. The molecule has 2 aliphatic rings. The minimum absolute atomic E-state index is 0.204. The third-order valence-corrected chi connectivity index (χ3v) is 5.15. The van der Waals surface area contributed by atoms with Crippen LogP contribution in [0.4, 0.5) is 5.69 Å². The van der Waals surface area contributed by atoms with Crippen LogP contribution in [0.3, 0.4) is 0 Å². The van der Waals surface area contributed by atoms with Crippen molar-refractivity contribution in [3.8, 4) is 17.2 Å². The molecule has 29 heavy (non-hydrogen) atoms. The summed E-state index contributed by atoms with van der Waals surface area (Å²) in [5, 5.41) is 0.263. The first kappa shape index (κ1) is 19.4. The zero-order valence-electron chi connectivity index (χ0n) is 15.9. The van der Waals surface area contributed by atoms with Crippen molar-refractivity contribution < 1.29 is 28.5 Å². The number of esters is 1. The predicted octanol–water partition coefficient (Wildman–Crippen LogP) is 3.26. The summed E-state index contributed by atoms with van der Waals surface area (Å²) in [7, 11) is 1.61. The summed E-state index contributed by atoms with van der Waals surface area (Å²) in [4.78, 5) is 26.8. The number of carbonyl (C=O) groups is 2. The number of fused-ring (bicyclic) bond motifs is 2. The normalized spacial score (nSPS) is 14.8. The van der Waals surface area contributed by atoms with E-state index in [0.717, 1.165) is 29.8 Å². The van der Waals surface area contributed by atoms with Gasteiger partial charge in [-0.1, -0.05) is 11.6 Å². The minimum Gasteiger partial charge on any atom is -0.497 e. The Balaban J connectivity index is 1.44. The Hall–Kier alpha value is -2.93. The van der Waals surface area contributed by atoms with Gasteiger partial charge in [0.25, 0.3) is 5.91 Å². The highest BCUT2D eigenvalue weighted by atomic mass is 35.5. The standard InChI is InChI=1S/C21H20ClNO6/c1-26-15-4-5-17-13(9-15)3-2-6-23(17)19(24)12-29-21(25)14-10-16(22)20-18(11-14)27-7-8-28-20/h4-5,9-11H,2-3,6-8,12H2,1H3. The first-order valence-electron chi connectivity index (χ1n) is 9.30. The number of aryl methyl sites for hydroxylation is 1. The number of halogens is 1. The number of carbonyl (C=O) groups excluding carboxylic acids is 2. The molecule has 0 spiro atoms. The smallest absolute Gasteiger partial charge is 0.338 e. The van der Waals surface area contributed by atoms with Crippen molar-refractivity contribution in [1.29, 1.82) is 0 Å². The van der Waals surface area contributed by atoms with Crippen LogP contribution in [0.5, 0.6) is 17.2 Å². The Morgan fingerprint density at radius 1 is 1.17 bits per heavy atom. The maximum atomic E-state index is 12.7. The third-order valence-electron chi connectivity index (χ3n) is 4.87. The van der Waals surface area contributed by atoms with E-state index in [1.54, 1.807) is 12.0 Å². The van der Waals surface area contributed by atoms with Crippen LogP contribution in [0.2, 0.25) is 5.02 Å². The van der Waals surface area contributed by atoms with Gasteiger partial charge in [0.05, 0.1) is 17.7 Å². The molecule has 4 rings (SSSR count). The van der Waals surface area contributed by atoms with E-state index in [2.05, 4.69) is 0 Å². The molecule has 152 valence electrons. The highest BCUT2D eigenvalue weighted by Crippen LogP contribution is 2.38. The average molecular weight is 418 g/mol. The number of ether oxygens (including phenoxy) is 4. The maximum Gasteiger partial charge on any atom is 0.338 e. The number of benzene rings is 2. The topological polar surface area (TPSA) is 74.3 Å². The van der Waals surface area contributed by atoms with Crippen molar-refractivity contribution in [3.63, 3.8) is 0 Å². The number of anilines is 1. The largest absolute Gasteiger partial charge is 0.497 e. The van der Waals surface area contributed by atoms with Gasteiger partial charge in [-0.25, -0.2) is 4.79 Å². The Bertz CT molecular complexity index is 960. The van der Waals surface area contributed by atoms with E-state index >= 15 is 0 Å². The lowest BCUT2D eigenvalue weighted by Crippen LogP contribution is -2.38. The Morgan fingerprint density at radius 2 is 2.00 bits per heavy atom. The molecular formula is C21H20ClNO6. The van der Waals surface area contributed by atoms with Crippen LogP contribution >= 0.6 is 11.6 Å². The molecule has 2 aliphatic heterocycles. The van der Waals surface area contributed by atoms with Gasteiger partial charge in [-0.3, -0.25) is 4.79 Å². The molecule has 0 saturated carbocycles. The van der Waals surface area contributed by atoms with Crippen molar-refractivity contribution in [2.45, 2.75) is 12.8 Å². The van der Waals surface area contributed by atoms with Crippen LogP contribution in [0, 0.1) is 0 Å². The first-order chi connectivity index (χ1) is 14.1. The Kier molecular flexibility index (Phi) is 5.49. The molecule has 7 nitrogen and oxygen atoms in total. The molecule has 0 saturated heterocycles. The van der Waals surface area contributed by atoms with Crippen molar-refractivity contribution in [2.75, 3.05) is 38.4 Å². The SMILES string of the molecule is COc1ccc2c(c1)CCCN2C(=O)COC(=O)c1cc(Cl)c2c(c1)OCCO2. The van der Waals surface area contributed by atoms with Gasteiger partial charge in [-0.05, 0) is 48.7 Å². The molecule has 0 aliphatic carbocycles. The molecule has 2 heterocycles. The van der Waals surface area contributed by atoms with E-state index in [4.69, 9.17) is 30.5 Å². The van der Waals surface area contributed by atoms with Crippen molar-refractivity contribution in [2.24, 2.45) is 0 Å². The summed E-state index contributed by atoms with van der Waals surface area (Å²) in [5.74, 6) is 0.615. The fourth-order valence-corrected chi connectivity index (χ4v) is 3.74. The summed E-state index contributed by atoms with van der Waals surface area (Å²) >= 11 is 6.16. The summed E-state index contributed by atoms with van der Waals surface area (Å²) in [6.45, 7) is 0.982. The number of hydrogen-bond donors (Lipinski definition) is 0. The molecule has 0 radical (unpaired) electrons. The van der Waals surface area contributed by atoms with E-state index < -0.39 is 5.97 Å². The molecular weight excluding hydrogens is 398 g/mol. The molecule has 2 aromatic rings. The van der Waals surface area contributed by atoms with Gasteiger partial charge in [0.15, 0.2) is 18.1 Å². The average Bonchev–Trinajstić information content (AvgIpc) is 2.76. The van der Waals surface area contributed by atoms with Crippen LogP contribution < -0.4 is 19.1 Å². The fourth-order valence-electron chi connectivity index (χ4n) is 3.48. The number of rotatable bonds is 4. The van der Waals surface area contributed by atoms with E-state index in [1.165, 1.54) is 12.1 Å². The summed E-state index contributed by atoms with van der Waals surface area (Å²) in [5.41, 5.74) is 2.06. The second-order valence-corrected chi connectivity index (χ2v) is 7.11. The molecule has 1 amide bonds. The predicted molar refractivity (Wildman–Crippen MR) is 106 cm³/mol. The van der Waals surface area contributed by atoms with Gasteiger partial charge in [0.2, 0.25) is 0 Å². The summed E-state index contributed by atoms with van der Waals surface area (Å²) in [6, 6.07) is 8.55. The highest BCUT2D eigenvalue weighted by molar-refractivity contribution is 6.32. The summed E-state index contributed by atoms with van der Waals surface area (Å²) < 4.78 is 21.4. The second kappa shape index (κ2) is 8.21. The zero-order chi connectivity index (χ0) is 20.4. The molecule has 2 aromatic carbocycles. The monoisotopic (exact) mass is 417 g/mol. The van der Waals surface area contributed by atoms with Gasteiger partial charge in [0.1, 0.15) is 19.0 Å². The number of amides is 1. The second-order valence-electron chi connectivity index (χ2n) is 6.70. The fraction of sp³-hybridized carbons (Fsp3) is 0.333. The van der Waals surface area contributed by atoms with Crippen LogP contribution in [0.1, 0.15) is 22.3 Å². The number of nitrogens with zero attached hydrogens (tertiary/aromatic N) is 1. The van der Waals surface area contributed by atoms with E-state index in [0.29, 0.717) is 31.3 Å². The van der Waals surface area contributed by atoms with E-state index in [9.17, 15) is 9.59 Å². The van der Waals surface area contributed by atoms with Crippen LogP contribution in [0.15, 0.2) is 30.3 Å². The van der Waals surface area contributed by atoms with E-state index in [1.807, 2.05) is 18.2 Å². The maximum absolute atomic E-state index is 12.7. The highest BCUT2D eigenvalue weighted by Gasteiger charge is 2.25. The molecule has 0 atom stereocenters. The quantitative estimate of drug-likeness (QED) is 0.711. The van der Waals surface area contributed by atoms with Gasteiger partial charge < -0.3 is 23.8 Å². The minimum atomic E-state index is -0.649. The van der Waals surface area contributed by atoms with Gasteiger partial charge >= 0.3 is 5.97 Å². The number of hydrogen-bond acceptors (Lipinski definition) is 6. The zero-order valence-corrected chi connectivity index (χ0v) is 16.7. The molecule has 0 bridgehead atoms. The Labute approximate surface area is 173 Å².